The van der Waals surface area contributed by atoms with Crippen LogP contribution in [0.25, 0.3) is 10.9 Å². The highest BCUT2D eigenvalue weighted by molar-refractivity contribution is 6.31. The second-order valence-electron chi connectivity index (χ2n) is 5.46. The second kappa shape index (κ2) is 5.79. The summed E-state index contributed by atoms with van der Waals surface area (Å²) in [4.78, 5) is 17.4. The quantitative estimate of drug-likeness (QED) is 0.926. The zero-order valence-electron chi connectivity index (χ0n) is 11.6. The average molecular weight is 302 g/mol. The van der Waals surface area contributed by atoms with E-state index in [9.17, 15) is 4.79 Å². The van der Waals surface area contributed by atoms with Gasteiger partial charge in [-0.1, -0.05) is 11.6 Å². The van der Waals surface area contributed by atoms with Gasteiger partial charge in [0.1, 0.15) is 0 Å². The van der Waals surface area contributed by atoms with Crippen LogP contribution in [0.15, 0.2) is 24.4 Å². The van der Waals surface area contributed by atoms with Gasteiger partial charge < -0.3 is 9.88 Å². The third kappa shape index (κ3) is 2.88. The molecule has 0 atom stereocenters. The largest absolute Gasteiger partial charge is 0.361 e. The molecule has 2 heterocycles. The van der Waals surface area contributed by atoms with E-state index in [0.717, 1.165) is 29.3 Å². The van der Waals surface area contributed by atoms with Crippen molar-refractivity contribution in [1.82, 2.24) is 9.88 Å². The van der Waals surface area contributed by atoms with E-state index < -0.39 is 0 Å². The lowest BCUT2D eigenvalue weighted by atomic mass is 9.98. The Labute approximate surface area is 128 Å². The number of benzene rings is 1. The summed E-state index contributed by atoms with van der Waals surface area (Å²) in [7, 11) is 0. The first-order valence-electron chi connectivity index (χ1n) is 7.10. The third-order valence-electron chi connectivity index (χ3n) is 4.10. The zero-order chi connectivity index (χ0) is 14.8. The molecule has 2 aromatic rings. The molecule has 1 N–H and O–H groups in total. The van der Waals surface area contributed by atoms with E-state index in [0.29, 0.717) is 24.5 Å². The topological polar surface area (TPSA) is 59.9 Å². The Balaban J connectivity index is 1.72. The normalized spacial score (nSPS) is 16.1. The lowest BCUT2D eigenvalue weighted by molar-refractivity contribution is -0.131. The molecule has 0 spiro atoms. The number of nitrogens with one attached hydrogen (secondary N) is 1. The van der Waals surface area contributed by atoms with Crippen molar-refractivity contribution >= 4 is 28.4 Å². The van der Waals surface area contributed by atoms with Gasteiger partial charge in [-0.05, 0) is 36.6 Å². The van der Waals surface area contributed by atoms with Crippen LogP contribution in [-0.2, 0) is 11.2 Å². The smallest absolute Gasteiger partial charge is 0.227 e. The molecule has 0 unspecified atom stereocenters. The number of carbonyl (C=O) groups is 1. The maximum absolute atomic E-state index is 12.4. The Kier molecular flexibility index (Phi) is 3.85. The third-order valence-corrected chi connectivity index (χ3v) is 4.34. The summed E-state index contributed by atoms with van der Waals surface area (Å²) in [5.41, 5.74) is 1.96. The van der Waals surface area contributed by atoms with Gasteiger partial charge in [-0.25, -0.2) is 0 Å². The molecule has 5 heteroatoms. The van der Waals surface area contributed by atoms with Gasteiger partial charge in [0.05, 0.1) is 12.5 Å². The molecular weight excluding hydrogens is 286 g/mol. The molecule has 1 aromatic heterocycles. The van der Waals surface area contributed by atoms with Crippen LogP contribution in [0.2, 0.25) is 5.02 Å². The van der Waals surface area contributed by atoms with Crippen LogP contribution in [-0.4, -0.2) is 28.9 Å². The predicted molar refractivity (Wildman–Crippen MR) is 81.9 cm³/mol. The molecule has 0 aliphatic carbocycles. The van der Waals surface area contributed by atoms with Crippen molar-refractivity contribution in [2.75, 3.05) is 13.1 Å². The highest BCUT2D eigenvalue weighted by Crippen LogP contribution is 2.24. The van der Waals surface area contributed by atoms with Gasteiger partial charge in [-0.2, -0.15) is 5.26 Å². The van der Waals surface area contributed by atoms with Crippen LogP contribution in [0.3, 0.4) is 0 Å². The van der Waals surface area contributed by atoms with E-state index in [-0.39, 0.29) is 11.8 Å². The molecule has 0 radical (unpaired) electrons. The molecule has 108 valence electrons. The molecule has 0 saturated carbocycles. The average Bonchev–Trinajstić information content (AvgIpc) is 2.89. The van der Waals surface area contributed by atoms with Crippen molar-refractivity contribution < 1.29 is 4.79 Å². The highest BCUT2D eigenvalue weighted by Gasteiger charge is 2.23. The number of likely N-dealkylation sites (tertiary alicyclic amines) is 1. The lowest BCUT2D eigenvalue weighted by Crippen LogP contribution is -2.39. The predicted octanol–water partition coefficient (Wildman–Crippen LogP) is 3.13. The van der Waals surface area contributed by atoms with Crippen LogP contribution < -0.4 is 0 Å². The van der Waals surface area contributed by atoms with Gasteiger partial charge in [0, 0.05) is 41.1 Å². The minimum atomic E-state index is 0.0981. The van der Waals surface area contributed by atoms with Gasteiger partial charge in [0.2, 0.25) is 5.91 Å². The van der Waals surface area contributed by atoms with Crippen LogP contribution in [0.5, 0.6) is 0 Å². The fourth-order valence-corrected chi connectivity index (χ4v) is 3.00. The first kappa shape index (κ1) is 14.0. The van der Waals surface area contributed by atoms with Gasteiger partial charge in [-0.3, -0.25) is 4.79 Å². The summed E-state index contributed by atoms with van der Waals surface area (Å²) >= 11 is 6.02. The van der Waals surface area contributed by atoms with Crippen LogP contribution in [0.1, 0.15) is 18.4 Å². The lowest BCUT2D eigenvalue weighted by Gasteiger charge is -2.29. The zero-order valence-corrected chi connectivity index (χ0v) is 12.4. The summed E-state index contributed by atoms with van der Waals surface area (Å²) in [6, 6.07) is 7.92. The standard InChI is InChI=1S/C16H16ClN3O/c17-13-1-2-15-14(8-13)12(10-19-15)7-16(21)20-5-3-11(9-18)4-6-20/h1-2,8,10-11,19H,3-7H2. The van der Waals surface area contributed by atoms with Gasteiger partial charge >= 0.3 is 0 Å². The van der Waals surface area contributed by atoms with Crippen molar-refractivity contribution in [3.8, 4) is 6.07 Å². The maximum Gasteiger partial charge on any atom is 0.227 e. The number of nitriles is 1. The molecular formula is C16H16ClN3O. The molecule has 1 fully saturated rings. The first-order valence-corrected chi connectivity index (χ1v) is 7.48. The molecule has 1 aliphatic rings. The van der Waals surface area contributed by atoms with Crippen molar-refractivity contribution in [3.63, 3.8) is 0 Å². The van der Waals surface area contributed by atoms with Crippen molar-refractivity contribution in [2.24, 2.45) is 5.92 Å². The number of halogens is 1. The fraction of sp³-hybridized carbons (Fsp3) is 0.375. The molecule has 4 nitrogen and oxygen atoms in total. The van der Waals surface area contributed by atoms with Crippen molar-refractivity contribution in [2.45, 2.75) is 19.3 Å². The molecule has 0 bridgehead atoms. The number of hydrogen-bond donors (Lipinski definition) is 1. The second-order valence-corrected chi connectivity index (χ2v) is 5.90. The minimum absolute atomic E-state index is 0.0981. The van der Waals surface area contributed by atoms with E-state index in [1.54, 1.807) is 0 Å². The number of piperidine rings is 1. The number of hydrogen-bond acceptors (Lipinski definition) is 2. The maximum atomic E-state index is 12.4. The fourth-order valence-electron chi connectivity index (χ4n) is 2.83. The van der Waals surface area contributed by atoms with Gasteiger partial charge in [0.25, 0.3) is 0 Å². The number of rotatable bonds is 2. The van der Waals surface area contributed by atoms with Gasteiger partial charge in [0.15, 0.2) is 0 Å². The summed E-state index contributed by atoms with van der Waals surface area (Å²) in [5.74, 6) is 0.216. The summed E-state index contributed by atoms with van der Waals surface area (Å²) in [6.07, 6.45) is 3.81. The van der Waals surface area contributed by atoms with Crippen LogP contribution >= 0.6 is 11.6 Å². The number of carbonyl (C=O) groups excluding carboxylic acids is 1. The number of fused-ring (bicyclic) bond motifs is 1. The Morgan fingerprint density at radius 3 is 2.90 bits per heavy atom. The number of amides is 1. The van der Waals surface area contributed by atoms with E-state index in [1.807, 2.05) is 29.3 Å². The number of aromatic nitrogens is 1. The summed E-state index contributed by atoms with van der Waals surface area (Å²) in [6.45, 7) is 1.36. The Morgan fingerprint density at radius 2 is 2.19 bits per heavy atom. The van der Waals surface area contributed by atoms with Crippen LogP contribution in [0, 0.1) is 17.2 Å². The van der Waals surface area contributed by atoms with E-state index in [2.05, 4.69) is 11.1 Å². The molecule has 1 amide bonds. The number of aromatic amines is 1. The number of nitrogens with zero attached hydrogens (tertiary/aromatic N) is 2. The van der Waals surface area contributed by atoms with E-state index >= 15 is 0 Å². The Morgan fingerprint density at radius 1 is 1.43 bits per heavy atom. The molecule has 1 aromatic carbocycles. The molecule has 1 aliphatic heterocycles. The first-order chi connectivity index (χ1) is 10.2. The highest BCUT2D eigenvalue weighted by atomic mass is 35.5. The Hall–Kier alpha value is -1.99. The Bertz CT molecular complexity index is 708. The minimum Gasteiger partial charge on any atom is -0.361 e. The monoisotopic (exact) mass is 301 g/mol. The number of H-pyrrole nitrogens is 1. The summed E-state index contributed by atoms with van der Waals surface area (Å²) < 4.78 is 0. The van der Waals surface area contributed by atoms with Crippen molar-refractivity contribution in [1.29, 1.82) is 5.26 Å². The van der Waals surface area contributed by atoms with E-state index in [4.69, 9.17) is 16.9 Å². The molecule has 3 rings (SSSR count). The van der Waals surface area contributed by atoms with Gasteiger partial charge in [-0.15, -0.1) is 0 Å². The SMILES string of the molecule is N#CC1CCN(C(=O)Cc2c[nH]c3ccc(Cl)cc23)CC1. The molecule has 21 heavy (non-hydrogen) atoms. The van der Waals surface area contributed by atoms with Crippen molar-refractivity contribution in [3.05, 3.63) is 35.0 Å². The summed E-state index contributed by atoms with van der Waals surface area (Å²) in [5, 5.41) is 10.6. The van der Waals surface area contributed by atoms with Crippen LogP contribution in [0.4, 0.5) is 0 Å². The van der Waals surface area contributed by atoms with E-state index in [1.165, 1.54) is 0 Å². The molecule has 1 saturated heterocycles.